The molecule has 0 saturated heterocycles. The number of nitrogens with two attached hydrogens (primary N) is 1. The normalized spacial score (nSPS) is 11.6. The van der Waals surface area contributed by atoms with Crippen LogP contribution in [0.4, 0.5) is 5.82 Å². The van der Waals surface area contributed by atoms with E-state index in [1.807, 2.05) is 49.5 Å². The average molecular weight is 235 g/mol. The summed E-state index contributed by atoms with van der Waals surface area (Å²) in [6.07, 6.45) is 5.84. The Morgan fingerprint density at radius 1 is 1.17 bits per heavy atom. The number of aromatic nitrogens is 2. The van der Waals surface area contributed by atoms with Gasteiger partial charge in [-0.25, -0.2) is 4.98 Å². The average Bonchev–Trinajstić information content (AvgIpc) is 2.39. The number of pyridine rings is 2. The molecule has 0 fully saturated rings. The zero-order valence-corrected chi connectivity index (χ0v) is 10.1. The zero-order chi connectivity index (χ0) is 12.5. The van der Waals surface area contributed by atoms with Crippen LogP contribution in [0.2, 0.25) is 0 Å². The van der Waals surface area contributed by atoms with Crippen molar-refractivity contribution < 1.29 is 0 Å². The number of para-hydroxylation sites is 1. The molecule has 0 atom stereocenters. The van der Waals surface area contributed by atoms with Crippen LogP contribution >= 0.6 is 0 Å². The molecule has 2 heterocycles. The summed E-state index contributed by atoms with van der Waals surface area (Å²) in [7, 11) is 0. The number of hydrogen-bond donors (Lipinski definition) is 1. The van der Waals surface area contributed by atoms with E-state index in [-0.39, 0.29) is 0 Å². The quantitative estimate of drug-likeness (QED) is 0.658. The Balaban J connectivity index is 2.47. The van der Waals surface area contributed by atoms with Gasteiger partial charge in [-0.3, -0.25) is 4.98 Å². The van der Waals surface area contributed by atoms with Crippen molar-refractivity contribution in [1.82, 2.24) is 9.97 Å². The predicted octanol–water partition coefficient (Wildman–Crippen LogP) is 3.40. The predicted molar refractivity (Wildman–Crippen MR) is 76.2 cm³/mol. The number of allylic oxidation sites excluding steroid dienone is 1. The number of hydrogen-bond acceptors (Lipinski definition) is 3. The maximum atomic E-state index is 5.95. The first-order chi connectivity index (χ1) is 8.79. The van der Waals surface area contributed by atoms with Crippen molar-refractivity contribution in [3.05, 3.63) is 48.2 Å². The monoisotopic (exact) mass is 235 g/mol. The summed E-state index contributed by atoms with van der Waals surface area (Å²) in [5.74, 6) is 0.482. The van der Waals surface area contributed by atoms with Crippen LogP contribution in [-0.4, -0.2) is 9.97 Å². The van der Waals surface area contributed by atoms with Crippen LogP contribution < -0.4 is 5.73 Å². The maximum Gasteiger partial charge on any atom is 0.150 e. The van der Waals surface area contributed by atoms with Crippen LogP contribution in [0.1, 0.15) is 12.5 Å². The Bertz CT molecular complexity index is 760. The standard InChI is InChI=1S/C15H13N3/c1-2-5-10-8-12-11-6-3-4-7-13(11)18-15(16)14(12)17-9-10/h2-9H,1H3,(H2,16,18). The van der Waals surface area contributed by atoms with E-state index in [1.165, 1.54) is 0 Å². The highest BCUT2D eigenvalue weighted by Gasteiger charge is 2.06. The molecule has 0 amide bonds. The van der Waals surface area contributed by atoms with E-state index in [0.717, 1.165) is 27.4 Å². The minimum Gasteiger partial charge on any atom is -0.382 e. The second kappa shape index (κ2) is 4.11. The Labute approximate surface area is 105 Å². The fourth-order valence-electron chi connectivity index (χ4n) is 2.16. The van der Waals surface area contributed by atoms with E-state index in [0.29, 0.717) is 5.82 Å². The summed E-state index contributed by atoms with van der Waals surface area (Å²) in [6, 6.07) is 10.1. The van der Waals surface area contributed by atoms with Gasteiger partial charge in [-0.2, -0.15) is 0 Å². The molecule has 88 valence electrons. The van der Waals surface area contributed by atoms with Gasteiger partial charge in [0.15, 0.2) is 5.82 Å². The number of fused-ring (bicyclic) bond motifs is 3. The molecule has 2 N–H and O–H groups in total. The van der Waals surface area contributed by atoms with Gasteiger partial charge < -0.3 is 5.73 Å². The summed E-state index contributed by atoms with van der Waals surface area (Å²) in [6.45, 7) is 1.99. The third-order valence-electron chi connectivity index (χ3n) is 2.95. The summed E-state index contributed by atoms with van der Waals surface area (Å²) in [4.78, 5) is 8.79. The van der Waals surface area contributed by atoms with Gasteiger partial charge in [0.05, 0.1) is 5.52 Å². The molecule has 0 saturated carbocycles. The second-order valence-corrected chi connectivity index (χ2v) is 4.18. The fraction of sp³-hybridized carbons (Fsp3) is 0.0667. The van der Waals surface area contributed by atoms with Crippen molar-refractivity contribution in [2.24, 2.45) is 0 Å². The van der Waals surface area contributed by atoms with Gasteiger partial charge >= 0.3 is 0 Å². The topological polar surface area (TPSA) is 51.8 Å². The molecular formula is C15H13N3. The molecular weight excluding hydrogens is 222 g/mol. The van der Waals surface area contributed by atoms with Crippen LogP contribution in [0, 0.1) is 0 Å². The van der Waals surface area contributed by atoms with Gasteiger partial charge in [0.2, 0.25) is 0 Å². The third kappa shape index (κ3) is 1.61. The van der Waals surface area contributed by atoms with Crippen molar-refractivity contribution in [2.45, 2.75) is 6.92 Å². The van der Waals surface area contributed by atoms with E-state index in [2.05, 4.69) is 16.0 Å². The van der Waals surface area contributed by atoms with Gasteiger partial charge in [-0.05, 0) is 24.6 Å². The smallest absolute Gasteiger partial charge is 0.150 e. The lowest BCUT2D eigenvalue weighted by Crippen LogP contribution is -1.95. The van der Waals surface area contributed by atoms with E-state index in [1.54, 1.807) is 0 Å². The Morgan fingerprint density at radius 3 is 2.83 bits per heavy atom. The Kier molecular flexibility index (Phi) is 2.45. The molecule has 0 unspecified atom stereocenters. The number of nitrogen functional groups attached to an aromatic ring is 1. The number of nitrogens with zero attached hydrogens (tertiary/aromatic N) is 2. The number of benzene rings is 1. The van der Waals surface area contributed by atoms with Crippen LogP contribution in [0.15, 0.2) is 42.6 Å². The minimum absolute atomic E-state index is 0.482. The third-order valence-corrected chi connectivity index (χ3v) is 2.95. The van der Waals surface area contributed by atoms with E-state index in [9.17, 15) is 0 Å². The first kappa shape index (κ1) is 10.7. The molecule has 0 aliphatic carbocycles. The molecule has 3 rings (SSSR count). The summed E-state index contributed by atoms with van der Waals surface area (Å²) >= 11 is 0. The van der Waals surface area contributed by atoms with E-state index in [4.69, 9.17) is 5.73 Å². The Hall–Kier alpha value is -2.42. The van der Waals surface area contributed by atoms with E-state index < -0.39 is 0 Å². The molecule has 3 heteroatoms. The SMILES string of the molecule is CC=Cc1cnc2c(N)nc3ccccc3c2c1. The first-order valence-corrected chi connectivity index (χ1v) is 5.86. The molecule has 2 aromatic heterocycles. The summed E-state index contributed by atoms with van der Waals surface area (Å²) in [5, 5.41) is 2.13. The number of anilines is 1. The van der Waals surface area contributed by atoms with Crippen LogP contribution in [0.5, 0.6) is 0 Å². The highest BCUT2D eigenvalue weighted by atomic mass is 14.9. The summed E-state index contributed by atoms with van der Waals surface area (Å²) in [5.41, 5.74) is 8.70. The molecule has 1 aromatic carbocycles. The minimum atomic E-state index is 0.482. The van der Waals surface area contributed by atoms with E-state index >= 15 is 0 Å². The zero-order valence-electron chi connectivity index (χ0n) is 10.1. The van der Waals surface area contributed by atoms with Crippen molar-refractivity contribution in [3.63, 3.8) is 0 Å². The fourth-order valence-corrected chi connectivity index (χ4v) is 2.16. The molecule has 0 aliphatic rings. The molecule has 3 nitrogen and oxygen atoms in total. The lowest BCUT2D eigenvalue weighted by atomic mass is 10.1. The van der Waals surface area contributed by atoms with Gasteiger partial charge in [-0.15, -0.1) is 0 Å². The Morgan fingerprint density at radius 2 is 2.00 bits per heavy atom. The molecule has 18 heavy (non-hydrogen) atoms. The molecule has 0 bridgehead atoms. The lowest BCUT2D eigenvalue weighted by molar-refractivity contribution is 1.35. The van der Waals surface area contributed by atoms with Crippen molar-refractivity contribution >= 4 is 33.7 Å². The van der Waals surface area contributed by atoms with Crippen LogP contribution in [-0.2, 0) is 0 Å². The first-order valence-electron chi connectivity index (χ1n) is 5.86. The lowest BCUT2D eigenvalue weighted by Gasteiger charge is -2.06. The molecule has 0 radical (unpaired) electrons. The van der Waals surface area contributed by atoms with Crippen LogP contribution in [0.3, 0.4) is 0 Å². The van der Waals surface area contributed by atoms with Crippen LogP contribution in [0.25, 0.3) is 27.9 Å². The molecule has 3 aromatic rings. The van der Waals surface area contributed by atoms with Crippen molar-refractivity contribution in [1.29, 1.82) is 0 Å². The highest BCUT2D eigenvalue weighted by Crippen LogP contribution is 2.27. The largest absolute Gasteiger partial charge is 0.382 e. The maximum absolute atomic E-state index is 5.95. The van der Waals surface area contributed by atoms with Gasteiger partial charge in [0.1, 0.15) is 5.52 Å². The van der Waals surface area contributed by atoms with Crippen molar-refractivity contribution in [2.75, 3.05) is 5.73 Å². The van der Waals surface area contributed by atoms with Crippen molar-refractivity contribution in [3.8, 4) is 0 Å². The highest BCUT2D eigenvalue weighted by molar-refractivity contribution is 6.08. The van der Waals surface area contributed by atoms with Gasteiger partial charge in [0.25, 0.3) is 0 Å². The number of rotatable bonds is 1. The van der Waals surface area contributed by atoms with Gasteiger partial charge in [0, 0.05) is 17.0 Å². The second-order valence-electron chi connectivity index (χ2n) is 4.18. The molecule has 0 spiro atoms. The van der Waals surface area contributed by atoms with Gasteiger partial charge in [-0.1, -0.05) is 30.4 Å². The summed E-state index contributed by atoms with van der Waals surface area (Å²) < 4.78 is 0. The molecule has 0 aliphatic heterocycles.